The van der Waals surface area contributed by atoms with Gasteiger partial charge in [-0.1, -0.05) is 50.1 Å². The number of carbonyl (C=O) groups excluding carboxylic acids is 1. The molecule has 0 aliphatic heterocycles. The monoisotopic (exact) mass is 425 g/mol. The second kappa shape index (κ2) is 11.1. The fourth-order valence-corrected chi connectivity index (χ4v) is 5.48. The van der Waals surface area contributed by atoms with Gasteiger partial charge >= 0.3 is 5.97 Å². The van der Waals surface area contributed by atoms with Crippen molar-refractivity contribution in [2.75, 3.05) is 5.75 Å². The predicted molar refractivity (Wildman–Crippen MR) is 114 cm³/mol. The van der Waals surface area contributed by atoms with E-state index in [1.54, 1.807) is 5.38 Å². The van der Waals surface area contributed by atoms with Crippen LogP contribution in [-0.4, -0.2) is 38.3 Å². The summed E-state index contributed by atoms with van der Waals surface area (Å²) in [6.45, 7) is 4.05. The lowest BCUT2D eigenvalue weighted by Crippen LogP contribution is -2.23. The number of thiazole rings is 1. The number of carboxylic acids is 1. The quantitative estimate of drug-likeness (QED) is 0.272. The Balaban J connectivity index is 1.80. The summed E-state index contributed by atoms with van der Waals surface area (Å²) >= 11 is 2.85. The van der Waals surface area contributed by atoms with Crippen LogP contribution in [0.25, 0.3) is 0 Å². The minimum atomic E-state index is -1.01. The summed E-state index contributed by atoms with van der Waals surface area (Å²) in [6, 6.07) is 0. The van der Waals surface area contributed by atoms with Gasteiger partial charge in [0.2, 0.25) is 0 Å². The smallest absolute Gasteiger partial charge is 0.355 e. The Morgan fingerprint density at radius 1 is 1.46 bits per heavy atom. The van der Waals surface area contributed by atoms with E-state index < -0.39 is 11.6 Å². The lowest BCUT2D eigenvalue weighted by molar-refractivity contribution is -0.121. The Hall–Kier alpha value is -1.18. The maximum absolute atomic E-state index is 12.3. The lowest BCUT2D eigenvalue weighted by Gasteiger charge is -2.22. The van der Waals surface area contributed by atoms with Crippen LogP contribution in [0.3, 0.4) is 0 Å². The van der Waals surface area contributed by atoms with Crippen LogP contribution in [0.15, 0.2) is 21.9 Å². The van der Waals surface area contributed by atoms with E-state index in [9.17, 15) is 14.7 Å². The van der Waals surface area contributed by atoms with Crippen LogP contribution in [0.5, 0.6) is 0 Å². The number of carboxylic acid groups (broad SMARTS) is 1. The molecule has 2 N–H and O–H groups in total. The molecule has 0 unspecified atom stereocenters. The normalized spacial score (nSPS) is 22.0. The SMILES string of the molecule is CCCCC[C@](C)(O)CC=C[C@H]1CCC(=O)[C@@H]1CCSc1nc(C(=O)O)cs1. The number of rotatable bonds is 12. The molecule has 1 aromatic heterocycles. The fraction of sp³-hybridized carbons (Fsp3) is 0.667. The first-order valence-corrected chi connectivity index (χ1v) is 11.9. The molecule has 0 radical (unpaired) electrons. The van der Waals surface area contributed by atoms with Gasteiger partial charge in [0.15, 0.2) is 10.0 Å². The molecule has 7 heteroatoms. The average molecular weight is 426 g/mol. The summed E-state index contributed by atoms with van der Waals surface area (Å²) in [5.74, 6) is 0.320. The van der Waals surface area contributed by atoms with Crippen LogP contribution in [0.4, 0.5) is 0 Å². The molecular formula is C21H31NO4S2. The number of carbonyl (C=O) groups is 2. The van der Waals surface area contributed by atoms with Gasteiger partial charge in [-0.3, -0.25) is 4.79 Å². The number of aliphatic hydroxyl groups is 1. The summed E-state index contributed by atoms with van der Waals surface area (Å²) in [6.07, 6.45) is 11.2. The summed E-state index contributed by atoms with van der Waals surface area (Å²) in [5, 5.41) is 20.9. The van der Waals surface area contributed by atoms with Crippen molar-refractivity contribution in [1.29, 1.82) is 0 Å². The number of nitrogens with zero attached hydrogens (tertiary/aromatic N) is 1. The first-order valence-electron chi connectivity index (χ1n) is 10.1. The molecule has 1 aliphatic rings. The van der Waals surface area contributed by atoms with E-state index in [2.05, 4.69) is 24.1 Å². The average Bonchev–Trinajstić information content (AvgIpc) is 3.23. The van der Waals surface area contributed by atoms with E-state index in [0.717, 1.165) is 48.6 Å². The Morgan fingerprint density at radius 2 is 2.25 bits per heavy atom. The van der Waals surface area contributed by atoms with Gasteiger partial charge in [-0.25, -0.2) is 9.78 Å². The maximum Gasteiger partial charge on any atom is 0.355 e. The topological polar surface area (TPSA) is 87.5 Å². The highest BCUT2D eigenvalue weighted by atomic mass is 32.2. The van der Waals surface area contributed by atoms with Gasteiger partial charge in [0.05, 0.1) is 5.60 Å². The molecule has 1 aliphatic carbocycles. The standard InChI is InChI=1S/C21H31NO4S2/c1-3-4-5-11-21(2,26)12-6-7-15-8-9-18(23)16(15)10-13-27-20-22-17(14-28-20)19(24)25/h6-7,14-16,26H,3-5,8-13H2,1-2H3,(H,24,25)/t15-,16+,21-/m0/s1. The van der Waals surface area contributed by atoms with Crippen LogP contribution >= 0.6 is 23.1 Å². The molecule has 2 rings (SSSR count). The number of aromatic carboxylic acids is 1. The third-order valence-corrected chi connectivity index (χ3v) is 7.33. The van der Waals surface area contributed by atoms with Crippen molar-refractivity contribution in [2.45, 2.75) is 75.2 Å². The van der Waals surface area contributed by atoms with Crippen molar-refractivity contribution < 1.29 is 19.8 Å². The molecule has 0 amide bonds. The number of Topliss-reactive ketones (excluding diaryl/α,β-unsaturated/α-hetero) is 1. The molecule has 0 aromatic carbocycles. The van der Waals surface area contributed by atoms with E-state index in [1.165, 1.54) is 23.1 Å². The Morgan fingerprint density at radius 3 is 2.93 bits per heavy atom. The van der Waals surface area contributed by atoms with E-state index in [1.807, 2.05) is 6.92 Å². The van der Waals surface area contributed by atoms with E-state index in [-0.39, 0.29) is 17.5 Å². The number of thioether (sulfide) groups is 1. The largest absolute Gasteiger partial charge is 0.476 e. The van der Waals surface area contributed by atoms with Gasteiger partial charge in [0.1, 0.15) is 5.78 Å². The van der Waals surface area contributed by atoms with Gasteiger partial charge < -0.3 is 10.2 Å². The van der Waals surface area contributed by atoms with Crippen LogP contribution in [0, 0.1) is 11.8 Å². The highest BCUT2D eigenvalue weighted by Gasteiger charge is 2.32. The molecule has 0 spiro atoms. The number of aromatic nitrogens is 1. The Kier molecular flexibility index (Phi) is 9.18. The van der Waals surface area contributed by atoms with Gasteiger partial charge in [-0.2, -0.15) is 0 Å². The maximum atomic E-state index is 12.3. The zero-order chi connectivity index (χ0) is 20.6. The Labute approximate surface area is 175 Å². The minimum Gasteiger partial charge on any atom is -0.476 e. The highest BCUT2D eigenvalue weighted by Crippen LogP contribution is 2.35. The van der Waals surface area contributed by atoms with Gasteiger partial charge in [0.25, 0.3) is 0 Å². The third-order valence-electron chi connectivity index (χ3n) is 5.27. The lowest BCUT2D eigenvalue weighted by atomic mass is 9.90. The van der Waals surface area contributed by atoms with Crippen molar-refractivity contribution in [3.63, 3.8) is 0 Å². The van der Waals surface area contributed by atoms with Gasteiger partial charge in [-0.15, -0.1) is 11.3 Å². The molecule has 1 aromatic rings. The molecule has 5 nitrogen and oxygen atoms in total. The number of ketones is 1. The molecule has 156 valence electrons. The van der Waals surface area contributed by atoms with Crippen LogP contribution in [-0.2, 0) is 4.79 Å². The van der Waals surface area contributed by atoms with Crippen molar-refractivity contribution in [2.24, 2.45) is 11.8 Å². The second-order valence-electron chi connectivity index (χ2n) is 7.80. The summed E-state index contributed by atoms with van der Waals surface area (Å²) in [7, 11) is 0. The van der Waals surface area contributed by atoms with E-state index in [4.69, 9.17) is 5.11 Å². The number of hydrogen-bond donors (Lipinski definition) is 2. The van der Waals surface area contributed by atoms with Crippen LogP contribution < -0.4 is 0 Å². The van der Waals surface area contributed by atoms with E-state index in [0.29, 0.717) is 18.6 Å². The zero-order valence-corrected chi connectivity index (χ0v) is 18.4. The number of allylic oxidation sites excluding steroid dienone is 1. The molecular weight excluding hydrogens is 394 g/mol. The molecule has 0 bridgehead atoms. The van der Waals surface area contributed by atoms with Crippen molar-refractivity contribution in [3.05, 3.63) is 23.2 Å². The summed E-state index contributed by atoms with van der Waals surface area (Å²) in [5.41, 5.74) is -0.594. The first-order chi connectivity index (χ1) is 13.3. The zero-order valence-electron chi connectivity index (χ0n) is 16.7. The minimum absolute atomic E-state index is 0.0210. The molecule has 28 heavy (non-hydrogen) atoms. The number of hydrogen-bond acceptors (Lipinski definition) is 6. The van der Waals surface area contributed by atoms with Crippen molar-refractivity contribution in [3.8, 4) is 0 Å². The summed E-state index contributed by atoms with van der Waals surface area (Å²) < 4.78 is 0.734. The highest BCUT2D eigenvalue weighted by molar-refractivity contribution is 8.01. The summed E-state index contributed by atoms with van der Waals surface area (Å²) in [4.78, 5) is 27.2. The molecule has 1 heterocycles. The third kappa shape index (κ3) is 7.33. The molecule has 1 saturated carbocycles. The Bertz CT molecular complexity index is 684. The van der Waals surface area contributed by atoms with E-state index >= 15 is 0 Å². The predicted octanol–water partition coefficient (Wildman–Crippen LogP) is 5.20. The molecule has 1 fully saturated rings. The van der Waals surface area contributed by atoms with Gasteiger partial charge in [-0.05, 0) is 38.5 Å². The fourth-order valence-electron chi connectivity index (χ4n) is 3.59. The van der Waals surface area contributed by atoms with Gasteiger partial charge in [0, 0.05) is 23.5 Å². The second-order valence-corrected chi connectivity index (χ2v) is 10.0. The van der Waals surface area contributed by atoms with Crippen LogP contribution in [0.2, 0.25) is 0 Å². The molecule has 0 saturated heterocycles. The van der Waals surface area contributed by atoms with Crippen LogP contribution in [0.1, 0.15) is 75.7 Å². The number of unbranched alkanes of at least 4 members (excludes halogenated alkanes) is 2. The van der Waals surface area contributed by atoms with Crippen molar-refractivity contribution in [1.82, 2.24) is 4.98 Å². The van der Waals surface area contributed by atoms with Crippen molar-refractivity contribution >= 4 is 34.9 Å². The molecule has 3 atom stereocenters. The first kappa shape index (κ1) is 23.1.